The van der Waals surface area contributed by atoms with Crippen LogP contribution < -0.4 is 0 Å². The number of nitrogens with zero attached hydrogens (tertiary/aromatic N) is 2. The van der Waals surface area contributed by atoms with Crippen molar-refractivity contribution in [2.45, 2.75) is 175 Å². The van der Waals surface area contributed by atoms with Crippen LogP contribution in [0.1, 0.15) is 172 Å². The number of benzene rings is 4. The second-order valence-corrected chi connectivity index (χ2v) is 18.9. The average molecular weight is 789 g/mol. The largest absolute Gasteiger partial charge is 0.198 e. The van der Waals surface area contributed by atoms with E-state index in [9.17, 15) is 10.5 Å². The Morgan fingerprint density at radius 2 is 0.746 bits per heavy atom. The van der Waals surface area contributed by atoms with Gasteiger partial charge < -0.3 is 0 Å². The van der Waals surface area contributed by atoms with Crippen LogP contribution in [-0.2, 0) is 25.7 Å². The Bertz CT molecular complexity index is 1860. The van der Waals surface area contributed by atoms with Crippen LogP contribution in [0.4, 0.5) is 0 Å². The molecule has 0 bridgehead atoms. The maximum atomic E-state index is 9.79. The molecule has 2 aliphatic rings. The molecule has 0 radical (unpaired) electrons. The fourth-order valence-electron chi connectivity index (χ4n) is 10.0. The van der Waals surface area contributed by atoms with Crippen molar-refractivity contribution in [3.05, 3.63) is 119 Å². The highest BCUT2D eigenvalue weighted by molar-refractivity contribution is 5.65. The molecule has 2 fully saturated rings. The number of hydrogen-bond acceptors (Lipinski definition) is 2. The summed E-state index contributed by atoms with van der Waals surface area (Å²) in [5.74, 6) is 1.39. The lowest BCUT2D eigenvalue weighted by Gasteiger charge is -2.34. The molecule has 59 heavy (non-hydrogen) atoms. The Kier molecular flexibility index (Phi) is 18.8. The lowest BCUT2D eigenvalue weighted by molar-refractivity contribution is 0.197. The molecular weight excluding hydrogens is 713 g/mol. The van der Waals surface area contributed by atoms with E-state index in [1.165, 1.54) is 141 Å². The molecule has 2 aliphatic carbocycles. The molecular formula is C57H76N2. The van der Waals surface area contributed by atoms with E-state index < -0.39 is 0 Å². The van der Waals surface area contributed by atoms with Crippen LogP contribution in [0.5, 0.6) is 0 Å². The lowest BCUT2D eigenvalue weighted by Crippen LogP contribution is -2.26. The predicted octanol–water partition coefficient (Wildman–Crippen LogP) is 16.6. The Balaban J connectivity index is 0.000000224. The highest BCUT2D eigenvalue weighted by Crippen LogP contribution is 2.43. The van der Waals surface area contributed by atoms with Crippen LogP contribution in [0.15, 0.2) is 97.1 Å². The molecule has 0 aliphatic heterocycles. The van der Waals surface area contributed by atoms with Gasteiger partial charge in [0.05, 0.1) is 23.0 Å². The Labute approximate surface area is 360 Å². The van der Waals surface area contributed by atoms with E-state index in [0.717, 1.165) is 51.4 Å². The molecule has 2 saturated carbocycles. The third-order valence-corrected chi connectivity index (χ3v) is 13.8. The van der Waals surface area contributed by atoms with Gasteiger partial charge in [0.2, 0.25) is 0 Å². The van der Waals surface area contributed by atoms with Gasteiger partial charge in [-0.3, -0.25) is 0 Å². The number of rotatable bonds is 19. The average Bonchev–Trinajstić information content (AvgIpc) is 3.27. The quantitative estimate of drug-likeness (QED) is 0.0889. The van der Waals surface area contributed by atoms with Gasteiger partial charge >= 0.3 is 0 Å². The minimum Gasteiger partial charge on any atom is -0.198 e. The summed E-state index contributed by atoms with van der Waals surface area (Å²) in [5.41, 5.74) is 10.6. The Hall–Kier alpha value is -4.14. The number of unbranched alkanes of at least 4 members (excludes halogenated alkanes) is 7. The van der Waals surface area contributed by atoms with Crippen molar-refractivity contribution >= 4 is 0 Å². The molecule has 0 heterocycles. The van der Waals surface area contributed by atoms with E-state index >= 15 is 0 Å². The second-order valence-electron chi connectivity index (χ2n) is 18.9. The summed E-state index contributed by atoms with van der Waals surface area (Å²) in [7, 11) is 0. The molecule has 2 nitrogen and oxygen atoms in total. The first-order valence-corrected chi connectivity index (χ1v) is 24.0. The maximum absolute atomic E-state index is 9.79. The van der Waals surface area contributed by atoms with E-state index in [4.69, 9.17) is 0 Å². The van der Waals surface area contributed by atoms with Crippen LogP contribution in [0.2, 0.25) is 0 Å². The van der Waals surface area contributed by atoms with Gasteiger partial charge in [0.1, 0.15) is 0 Å². The van der Waals surface area contributed by atoms with Crippen LogP contribution in [0.3, 0.4) is 0 Å². The van der Waals surface area contributed by atoms with E-state index in [1.54, 1.807) is 0 Å². The molecule has 4 aromatic rings. The molecule has 0 spiro atoms. The first-order valence-electron chi connectivity index (χ1n) is 24.0. The highest BCUT2D eigenvalue weighted by atomic mass is 14.4. The van der Waals surface area contributed by atoms with Crippen molar-refractivity contribution in [3.8, 4) is 34.4 Å². The molecule has 4 aromatic carbocycles. The van der Waals surface area contributed by atoms with Crippen LogP contribution >= 0.6 is 0 Å². The van der Waals surface area contributed by atoms with Gasteiger partial charge in [-0.05, 0) is 133 Å². The molecule has 314 valence electrons. The third-order valence-electron chi connectivity index (χ3n) is 13.8. The monoisotopic (exact) mass is 789 g/mol. The Morgan fingerprint density at radius 1 is 0.441 bits per heavy atom. The summed E-state index contributed by atoms with van der Waals surface area (Å²) < 4.78 is 0. The molecule has 4 unspecified atom stereocenters. The second kappa shape index (κ2) is 24.2. The predicted molar refractivity (Wildman–Crippen MR) is 252 cm³/mol. The summed E-state index contributed by atoms with van der Waals surface area (Å²) in [6, 6.07) is 41.6. The first kappa shape index (κ1) is 45.9. The van der Waals surface area contributed by atoms with Gasteiger partial charge in [0.15, 0.2) is 0 Å². The molecule has 0 saturated heterocycles. The number of nitriles is 2. The van der Waals surface area contributed by atoms with E-state index in [0.29, 0.717) is 11.8 Å². The number of hydrogen-bond donors (Lipinski definition) is 0. The van der Waals surface area contributed by atoms with E-state index in [-0.39, 0.29) is 10.8 Å². The van der Waals surface area contributed by atoms with Gasteiger partial charge in [-0.25, -0.2) is 0 Å². The van der Waals surface area contributed by atoms with Crippen molar-refractivity contribution < 1.29 is 0 Å². The van der Waals surface area contributed by atoms with Crippen LogP contribution in [0, 0.1) is 45.3 Å². The first-order chi connectivity index (χ1) is 28.8. The third kappa shape index (κ3) is 14.8. The van der Waals surface area contributed by atoms with Gasteiger partial charge in [-0.2, -0.15) is 10.5 Å². The van der Waals surface area contributed by atoms with Crippen molar-refractivity contribution in [1.29, 1.82) is 10.5 Å². The van der Waals surface area contributed by atoms with Crippen molar-refractivity contribution in [3.63, 3.8) is 0 Å². The zero-order valence-electron chi connectivity index (χ0n) is 37.6. The van der Waals surface area contributed by atoms with E-state index in [2.05, 4.69) is 137 Å². The van der Waals surface area contributed by atoms with Crippen molar-refractivity contribution in [1.82, 2.24) is 0 Å². The standard InChI is InChI=1S/C29H39N.C28H37N/c1-3-4-5-6-7-10-25-11-15-27(16-12-25)28-17-13-26(14-18-28)19-21-29(23-30)20-8-9-24(2)22-29;1-3-4-5-6-9-24-10-14-26(15-11-24)27-16-12-25(13-17-27)18-20-28(22-29)19-7-8-23(2)21-28/h11-18,24H,3-10,19-22H2,1-2H3;10-17,23H,3-9,18-21H2,1-2H3. The van der Waals surface area contributed by atoms with E-state index in [1.807, 2.05) is 0 Å². The topological polar surface area (TPSA) is 47.6 Å². The molecule has 2 heteroatoms. The summed E-state index contributed by atoms with van der Waals surface area (Å²) in [5, 5.41) is 19.6. The summed E-state index contributed by atoms with van der Waals surface area (Å²) >= 11 is 0. The summed E-state index contributed by atoms with van der Waals surface area (Å²) in [6.07, 6.45) is 27.7. The maximum Gasteiger partial charge on any atom is 0.0689 e. The molecule has 4 atom stereocenters. The van der Waals surface area contributed by atoms with Gasteiger partial charge in [0, 0.05) is 0 Å². The van der Waals surface area contributed by atoms with Gasteiger partial charge in [0.25, 0.3) is 0 Å². The molecule has 6 rings (SSSR count). The van der Waals surface area contributed by atoms with Gasteiger partial charge in [-0.1, -0.05) is 195 Å². The fourth-order valence-corrected chi connectivity index (χ4v) is 10.0. The Morgan fingerprint density at radius 3 is 1.05 bits per heavy atom. The minimum atomic E-state index is -0.0945. The number of aryl methyl sites for hydroxylation is 4. The normalized spacial score (nSPS) is 21.5. The molecule has 0 N–H and O–H groups in total. The van der Waals surface area contributed by atoms with Crippen molar-refractivity contribution in [2.75, 3.05) is 0 Å². The van der Waals surface area contributed by atoms with Crippen LogP contribution in [-0.4, -0.2) is 0 Å². The summed E-state index contributed by atoms with van der Waals surface area (Å²) in [6.45, 7) is 9.14. The fraction of sp³-hybridized carbons (Fsp3) is 0.544. The highest BCUT2D eigenvalue weighted by Gasteiger charge is 2.35. The molecule has 0 aromatic heterocycles. The minimum absolute atomic E-state index is 0.0940. The SMILES string of the molecule is CCCCCCCc1ccc(-c2ccc(CCC3(C#N)CCCC(C)C3)cc2)cc1.CCCCCCc1ccc(-c2ccc(CCC3(C#N)CCCC(C)C3)cc2)cc1. The summed E-state index contributed by atoms with van der Waals surface area (Å²) in [4.78, 5) is 0. The zero-order chi connectivity index (χ0) is 41.8. The smallest absolute Gasteiger partial charge is 0.0689 e. The van der Waals surface area contributed by atoms with Crippen molar-refractivity contribution in [2.24, 2.45) is 22.7 Å². The van der Waals surface area contributed by atoms with Crippen LogP contribution in [0.25, 0.3) is 22.3 Å². The molecule has 0 amide bonds. The van der Waals surface area contributed by atoms with Gasteiger partial charge in [-0.15, -0.1) is 0 Å². The lowest BCUT2D eigenvalue weighted by atomic mass is 9.68. The zero-order valence-corrected chi connectivity index (χ0v) is 37.6.